The maximum Gasteiger partial charge on any atom is 0.233 e. The summed E-state index contributed by atoms with van der Waals surface area (Å²) in [4.78, 5) is 17.7. The van der Waals surface area contributed by atoms with Crippen LogP contribution in [0.2, 0.25) is 0 Å². The van der Waals surface area contributed by atoms with Gasteiger partial charge in [-0.25, -0.2) is 22.8 Å². The van der Waals surface area contributed by atoms with E-state index in [2.05, 4.69) is 16.5 Å². The Morgan fingerprint density at radius 1 is 1.41 bits per heavy atom. The quantitative estimate of drug-likeness (QED) is 0.246. The largest absolute Gasteiger partial charge is 0.402 e. The SMILES string of the molecule is C=c1cccc/c1=C(/C=C(/C)N)COC1CCN(S(=O)(=O)CC(c2c[nH]cn2)N(O)C=O)CC1. The first kappa shape index (κ1) is 25.6. The highest BCUT2D eigenvalue weighted by Gasteiger charge is 2.33. The fourth-order valence-corrected chi connectivity index (χ4v) is 5.62. The number of hydroxylamine groups is 2. The van der Waals surface area contributed by atoms with Crippen LogP contribution in [0.4, 0.5) is 0 Å². The number of nitrogens with two attached hydrogens (primary N) is 1. The molecule has 0 bridgehead atoms. The van der Waals surface area contributed by atoms with Crippen LogP contribution >= 0.6 is 0 Å². The average molecular weight is 490 g/mol. The summed E-state index contributed by atoms with van der Waals surface area (Å²) >= 11 is 0. The fraction of sp³-hybridized carbons (Fsp3) is 0.391. The second-order valence-corrected chi connectivity index (χ2v) is 10.3. The summed E-state index contributed by atoms with van der Waals surface area (Å²) in [6.45, 7) is 6.77. The lowest BCUT2D eigenvalue weighted by atomic mass is 10.1. The van der Waals surface area contributed by atoms with Gasteiger partial charge in [-0.3, -0.25) is 10.0 Å². The highest BCUT2D eigenvalue weighted by Crippen LogP contribution is 2.23. The van der Waals surface area contributed by atoms with Crippen LogP contribution in [0.15, 0.2) is 48.6 Å². The first-order chi connectivity index (χ1) is 16.2. The second kappa shape index (κ2) is 11.4. The maximum absolute atomic E-state index is 13.0. The van der Waals surface area contributed by atoms with Gasteiger partial charge in [0.1, 0.15) is 6.04 Å². The van der Waals surface area contributed by atoms with Gasteiger partial charge in [0, 0.05) is 25.0 Å². The molecule has 1 atom stereocenters. The number of hydrogen-bond donors (Lipinski definition) is 3. The molecule has 11 heteroatoms. The maximum atomic E-state index is 13.0. The highest BCUT2D eigenvalue weighted by atomic mass is 32.2. The predicted molar refractivity (Wildman–Crippen MR) is 128 cm³/mol. The summed E-state index contributed by atoms with van der Waals surface area (Å²) in [6, 6.07) is 6.64. The van der Waals surface area contributed by atoms with E-state index in [9.17, 15) is 18.4 Å². The molecule has 2 heterocycles. The van der Waals surface area contributed by atoms with Crippen LogP contribution in [-0.2, 0) is 19.6 Å². The van der Waals surface area contributed by atoms with E-state index in [4.69, 9.17) is 10.5 Å². The number of nitrogens with zero attached hydrogens (tertiary/aromatic N) is 3. The Morgan fingerprint density at radius 2 is 2.12 bits per heavy atom. The zero-order valence-corrected chi connectivity index (χ0v) is 19.9. The van der Waals surface area contributed by atoms with Gasteiger partial charge in [0.2, 0.25) is 16.4 Å². The van der Waals surface area contributed by atoms with Gasteiger partial charge in [-0.05, 0) is 41.9 Å². The van der Waals surface area contributed by atoms with Crippen molar-refractivity contribution in [1.29, 1.82) is 0 Å². The molecule has 1 fully saturated rings. The van der Waals surface area contributed by atoms with E-state index >= 15 is 0 Å². The molecule has 0 radical (unpaired) electrons. The Hall–Kier alpha value is -2.99. The smallest absolute Gasteiger partial charge is 0.233 e. The summed E-state index contributed by atoms with van der Waals surface area (Å²) in [5, 5.41) is 12.0. The number of nitrogens with one attached hydrogen (secondary N) is 1. The van der Waals surface area contributed by atoms with Crippen molar-refractivity contribution < 1.29 is 23.2 Å². The molecule has 1 aliphatic heterocycles. The van der Waals surface area contributed by atoms with Crippen molar-refractivity contribution in [2.24, 2.45) is 5.73 Å². The van der Waals surface area contributed by atoms with Gasteiger partial charge in [0.05, 0.1) is 30.5 Å². The molecule has 2 aromatic rings. The van der Waals surface area contributed by atoms with Gasteiger partial charge < -0.3 is 15.5 Å². The minimum absolute atomic E-state index is 0.114. The molecule has 4 N–H and O–H groups in total. The number of sulfonamides is 1. The molecule has 184 valence electrons. The third-order valence-corrected chi connectivity index (χ3v) is 7.58. The topological polar surface area (TPSA) is 142 Å². The van der Waals surface area contributed by atoms with Crippen LogP contribution in [0, 0.1) is 0 Å². The van der Waals surface area contributed by atoms with Crippen molar-refractivity contribution in [3.63, 3.8) is 0 Å². The third-order valence-electron chi connectivity index (χ3n) is 5.69. The Balaban J connectivity index is 1.64. The van der Waals surface area contributed by atoms with E-state index in [0.29, 0.717) is 30.2 Å². The van der Waals surface area contributed by atoms with E-state index in [-0.39, 0.29) is 31.3 Å². The highest BCUT2D eigenvalue weighted by molar-refractivity contribution is 7.89. The summed E-state index contributed by atoms with van der Waals surface area (Å²) in [5.74, 6) is -0.475. The van der Waals surface area contributed by atoms with E-state index in [1.807, 2.05) is 37.3 Å². The average Bonchev–Trinajstić information content (AvgIpc) is 3.35. The second-order valence-electron chi connectivity index (χ2n) is 8.25. The summed E-state index contributed by atoms with van der Waals surface area (Å²) in [7, 11) is -3.76. The summed E-state index contributed by atoms with van der Waals surface area (Å²) in [5.41, 5.74) is 7.73. The molecule has 1 aliphatic rings. The minimum Gasteiger partial charge on any atom is -0.402 e. The number of piperidine rings is 1. The molecule has 0 aliphatic carbocycles. The fourth-order valence-electron chi connectivity index (χ4n) is 3.92. The van der Waals surface area contributed by atoms with Gasteiger partial charge in [-0.2, -0.15) is 0 Å². The number of aromatic nitrogens is 2. The Labute approximate surface area is 199 Å². The minimum atomic E-state index is -3.76. The van der Waals surface area contributed by atoms with Crippen molar-refractivity contribution >= 4 is 28.6 Å². The molecule has 10 nitrogen and oxygen atoms in total. The number of imidazole rings is 1. The molecule has 1 amide bonds. The first-order valence-corrected chi connectivity index (χ1v) is 12.5. The number of H-pyrrole nitrogens is 1. The Kier molecular flexibility index (Phi) is 8.61. The van der Waals surface area contributed by atoms with Crippen LogP contribution in [-0.4, -0.2) is 70.9 Å². The standard InChI is InChI=1S/C23H31N5O5S/c1-17-5-3-4-6-21(17)19(11-18(2)24)13-33-20-7-9-27(10-8-20)34(31,32)14-23(28(30)16-29)22-12-25-15-26-22/h3-6,11-12,15-16,20,23,30H,1,7-10,13-14,24H2,2H3,(H,25,26)/b18-11-,21-19+. The number of hydrogen-bond acceptors (Lipinski definition) is 7. The zero-order valence-electron chi connectivity index (χ0n) is 19.1. The molecule has 1 aromatic heterocycles. The van der Waals surface area contributed by atoms with Crippen LogP contribution in [0.3, 0.4) is 0 Å². The molecule has 1 unspecified atom stereocenters. The van der Waals surface area contributed by atoms with Crippen LogP contribution in [0.25, 0.3) is 12.2 Å². The molecule has 0 spiro atoms. The summed E-state index contributed by atoms with van der Waals surface area (Å²) in [6.07, 6.45) is 5.77. The molecule has 1 aromatic carbocycles. The molecular formula is C23H31N5O5S. The number of rotatable bonds is 10. The molecule has 34 heavy (non-hydrogen) atoms. The number of amides is 1. The lowest BCUT2D eigenvalue weighted by Crippen LogP contribution is -2.44. The van der Waals surface area contributed by atoms with Crippen molar-refractivity contribution in [2.45, 2.75) is 31.9 Å². The van der Waals surface area contributed by atoms with E-state index in [1.165, 1.54) is 16.8 Å². The zero-order chi connectivity index (χ0) is 24.7. The Morgan fingerprint density at radius 3 is 2.71 bits per heavy atom. The number of carbonyl (C=O) groups excluding carboxylic acids is 1. The monoisotopic (exact) mass is 489 g/mol. The van der Waals surface area contributed by atoms with Gasteiger partial charge >= 0.3 is 0 Å². The van der Waals surface area contributed by atoms with Crippen LogP contribution in [0.5, 0.6) is 0 Å². The normalized spacial score (nSPS) is 17.9. The number of carbonyl (C=O) groups is 1. The molecule has 1 saturated heterocycles. The lowest BCUT2D eigenvalue weighted by molar-refractivity contribution is -0.159. The number of allylic oxidation sites excluding steroid dienone is 1. The van der Waals surface area contributed by atoms with Crippen molar-refractivity contribution in [2.75, 3.05) is 25.4 Å². The van der Waals surface area contributed by atoms with Gasteiger partial charge in [-0.15, -0.1) is 0 Å². The van der Waals surface area contributed by atoms with Gasteiger partial charge in [0.15, 0.2) is 0 Å². The Bertz CT molecular complexity index is 1200. The van der Waals surface area contributed by atoms with Gasteiger partial charge in [0.25, 0.3) is 0 Å². The van der Waals surface area contributed by atoms with E-state index in [0.717, 1.165) is 16.0 Å². The number of ether oxygens (including phenoxy) is 1. The van der Waals surface area contributed by atoms with Crippen LogP contribution < -0.4 is 16.2 Å². The van der Waals surface area contributed by atoms with Crippen molar-refractivity contribution in [3.05, 3.63) is 64.7 Å². The van der Waals surface area contributed by atoms with E-state index < -0.39 is 21.8 Å². The number of benzene rings is 1. The van der Waals surface area contributed by atoms with Crippen LogP contribution in [0.1, 0.15) is 31.5 Å². The first-order valence-electron chi connectivity index (χ1n) is 10.9. The third kappa shape index (κ3) is 6.54. The van der Waals surface area contributed by atoms with E-state index in [1.54, 1.807) is 0 Å². The predicted octanol–water partition coefficient (Wildman–Crippen LogP) is 0.233. The molecule has 0 saturated carbocycles. The number of aromatic amines is 1. The molecular weight excluding hydrogens is 458 g/mol. The van der Waals surface area contributed by atoms with Gasteiger partial charge in [-0.1, -0.05) is 30.8 Å². The lowest BCUT2D eigenvalue weighted by Gasteiger charge is -2.32. The van der Waals surface area contributed by atoms with Crippen molar-refractivity contribution in [1.82, 2.24) is 19.3 Å². The molecule has 3 rings (SSSR count). The van der Waals surface area contributed by atoms with Crippen molar-refractivity contribution in [3.8, 4) is 0 Å². The summed E-state index contributed by atoms with van der Waals surface area (Å²) < 4.78 is 33.5.